The Kier molecular flexibility index (Phi) is 2.55. The molecule has 1 aliphatic heterocycles. The van der Waals surface area contributed by atoms with Crippen LogP contribution in [0.3, 0.4) is 0 Å². The summed E-state index contributed by atoms with van der Waals surface area (Å²) >= 11 is 0. The molecule has 3 N–H and O–H groups in total. The van der Waals surface area contributed by atoms with E-state index < -0.39 is 11.4 Å². The lowest BCUT2D eigenvalue weighted by atomic mass is 9.80. The lowest BCUT2D eigenvalue weighted by molar-refractivity contribution is -0.120. The predicted molar refractivity (Wildman–Crippen MR) is 75.8 cm³/mol. The normalized spacial score (nSPS) is 21.4. The van der Waals surface area contributed by atoms with Gasteiger partial charge in [-0.15, -0.1) is 0 Å². The van der Waals surface area contributed by atoms with Gasteiger partial charge in [0.15, 0.2) is 0 Å². The summed E-state index contributed by atoms with van der Waals surface area (Å²) in [5, 5.41) is 2.81. The van der Waals surface area contributed by atoms with Crippen LogP contribution in [-0.2, 0) is 27.9 Å². The molecule has 7 heteroatoms. The Labute approximate surface area is 125 Å². The maximum absolute atomic E-state index is 12.5. The van der Waals surface area contributed by atoms with Crippen molar-refractivity contribution >= 4 is 17.7 Å². The first-order chi connectivity index (χ1) is 10.6. The van der Waals surface area contributed by atoms with Gasteiger partial charge >= 0.3 is 5.97 Å². The molecule has 1 aromatic carbocycles. The van der Waals surface area contributed by atoms with Crippen molar-refractivity contribution in [3.05, 3.63) is 53.0 Å². The number of nitrogens with zero attached hydrogens (tertiary/aromatic N) is 2. The molecule has 7 nitrogen and oxygen atoms in total. The molecule has 22 heavy (non-hydrogen) atoms. The predicted octanol–water partition coefficient (Wildman–Crippen LogP) is 0.496. The SMILES string of the molecule is NOC(=O)c1ccc2c(c1)C[C@@]1(C2)C(=O)Nc2ncncc21. The molecule has 0 fully saturated rings. The molecule has 0 radical (unpaired) electrons. The number of rotatable bonds is 1. The fourth-order valence-electron chi connectivity index (χ4n) is 3.35. The minimum atomic E-state index is -0.690. The van der Waals surface area contributed by atoms with E-state index in [0.29, 0.717) is 24.2 Å². The first kappa shape index (κ1) is 12.9. The third-order valence-electron chi connectivity index (χ3n) is 4.43. The summed E-state index contributed by atoms with van der Waals surface area (Å²) in [6.45, 7) is 0. The Balaban J connectivity index is 1.79. The lowest BCUT2D eigenvalue weighted by Gasteiger charge is -2.19. The second kappa shape index (κ2) is 4.35. The van der Waals surface area contributed by atoms with Crippen LogP contribution in [0, 0.1) is 0 Å². The summed E-state index contributed by atoms with van der Waals surface area (Å²) in [5.74, 6) is 4.81. The van der Waals surface area contributed by atoms with Gasteiger partial charge in [0.25, 0.3) is 0 Å². The van der Waals surface area contributed by atoms with Gasteiger partial charge in [0.2, 0.25) is 5.91 Å². The van der Waals surface area contributed by atoms with Gasteiger partial charge in [0, 0.05) is 11.8 Å². The van der Waals surface area contributed by atoms with E-state index in [0.717, 1.165) is 16.7 Å². The fourth-order valence-corrected chi connectivity index (χ4v) is 3.35. The van der Waals surface area contributed by atoms with Crippen LogP contribution in [0.4, 0.5) is 5.82 Å². The van der Waals surface area contributed by atoms with Crippen molar-refractivity contribution in [1.82, 2.24) is 9.97 Å². The van der Waals surface area contributed by atoms with Gasteiger partial charge in [-0.3, -0.25) is 4.79 Å². The number of anilines is 1. The summed E-state index contributed by atoms with van der Waals surface area (Å²) in [5.41, 5.74) is 2.46. The van der Waals surface area contributed by atoms with Gasteiger partial charge in [-0.2, -0.15) is 5.90 Å². The van der Waals surface area contributed by atoms with E-state index in [1.54, 1.807) is 18.3 Å². The third kappa shape index (κ3) is 1.59. The van der Waals surface area contributed by atoms with Crippen LogP contribution in [0.1, 0.15) is 27.0 Å². The van der Waals surface area contributed by atoms with E-state index in [-0.39, 0.29) is 5.91 Å². The van der Waals surface area contributed by atoms with Crippen LogP contribution < -0.4 is 11.2 Å². The first-order valence-electron chi connectivity index (χ1n) is 6.79. The molecular formula is C15H12N4O3. The molecule has 1 spiro atoms. The van der Waals surface area contributed by atoms with Crippen molar-refractivity contribution in [1.29, 1.82) is 0 Å². The zero-order valence-electron chi connectivity index (χ0n) is 11.5. The van der Waals surface area contributed by atoms with Crippen LogP contribution in [0.25, 0.3) is 0 Å². The molecule has 0 unspecified atom stereocenters. The quantitative estimate of drug-likeness (QED) is 0.742. The summed E-state index contributed by atoms with van der Waals surface area (Å²) in [6, 6.07) is 5.22. The molecule has 1 aliphatic carbocycles. The van der Waals surface area contributed by atoms with E-state index in [9.17, 15) is 9.59 Å². The summed E-state index contributed by atoms with van der Waals surface area (Å²) < 4.78 is 0. The van der Waals surface area contributed by atoms with Gasteiger partial charge in [-0.05, 0) is 36.1 Å². The average molecular weight is 296 g/mol. The highest BCUT2D eigenvalue weighted by molar-refractivity contribution is 6.06. The highest BCUT2D eigenvalue weighted by Gasteiger charge is 2.51. The zero-order valence-corrected chi connectivity index (χ0v) is 11.5. The van der Waals surface area contributed by atoms with Gasteiger partial charge in [-0.1, -0.05) is 6.07 Å². The van der Waals surface area contributed by atoms with E-state index in [1.165, 1.54) is 6.33 Å². The van der Waals surface area contributed by atoms with E-state index in [4.69, 9.17) is 5.90 Å². The zero-order chi connectivity index (χ0) is 15.3. The average Bonchev–Trinajstić information content (AvgIpc) is 3.05. The number of benzene rings is 1. The van der Waals surface area contributed by atoms with Gasteiger partial charge in [0.1, 0.15) is 12.1 Å². The number of fused-ring (bicyclic) bond motifs is 3. The molecule has 0 saturated carbocycles. The van der Waals surface area contributed by atoms with Crippen molar-refractivity contribution in [2.75, 3.05) is 5.32 Å². The number of carbonyl (C=O) groups excluding carboxylic acids is 2. The second-order valence-electron chi connectivity index (χ2n) is 5.56. The van der Waals surface area contributed by atoms with Gasteiger partial charge in [-0.25, -0.2) is 14.8 Å². The minimum absolute atomic E-state index is 0.0813. The number of nitrogens with one attached hydrogen (secondary N) is 1. The maximum atomic E-state index is 12.5. The number of aromatic nitrogens is 2. The highest BCUT2D eigenvalue weighted by atomic mass is 16.7. The maximum Gasteiger partial charge on any atom is 0.356 e. The van der Waals surface area contributed by atoms with Crippen LogP contribution in [0.5, 0.6) is 0 Å². The Bertz CT molecular complexity index is 820. The Hall–Kier alpha value is -2.80. The van der Waals surface area contributed by atoms with Crippen LogP contribution in [0.2, 0.25) is 0 Å². The summed E-state index contributed by atoms with van der Waals surface area (Å²) in [4.78, 5) is 36.5. The fraction of sp³-hybridized carbons (Fsp3) is 0.200. The van der Waals surface area contributed by atoms with Crippen LogP contribution in [0.15, 0.2) is 30.7 Å². The number of carbonyl (C=O) groups is 2. The number of hydrogen-bond acceptors (Lipinski definition) is 6. The molecule has 4 rings (SSSR count). The van der Waals surface area contributed by atoms with E-state index in [1.807, 2.05) is 6.07 Å². The molecule has 2 heterocycles. The van der Waals surface area contributed by atoms with E-state index in [2.05, 4.69) is 20.1 Å². The molecule has 1 aromatic heterocycles. The molecule has 110 valence electrons. The molecule has 1 atom stereocenters. The van der Waals surface area contributed by atoms with Crippen LogP contribution in [-0.4, -0.2) is 21.8 Å². The number of amides is 1. The highest BCUT2D eigenvalue weighted by Crippen LogP contribution is 2.46. The topological polar surface area (TPSA) is 107 Å². The molecular weight excluding hydrogens is 284 g/mol. The summed E-state index contributed by atoms with van der Waals surface area (Å²) in [7, 11) is 0. The smallest absolute Gasteiger partial charge is 0.356 e. The van der Waals surface area contributed by atoms with Gasteiger partial charge in [0.05, 0.1) is 11.0 Å². The molecule has 1 amide bonds. The van der Waals surface area contributed by atoms with Gasteiger partial charge < -0.3 is 10.2 Å². The van der Waals surface area contributed by atoms with Crippen LogP contribution >= 0.6 is 0 Å². The standard InChI is InChI=1S/C15H12N4O3/c16-22-13(20)8-1-2-9-4-15(5-10(9)3-8)11-6-17-7-18-12(11)19-14(15)21/h1-3,6-7H,4-5,16H2,(H,17,18,19,21)/t15-/m1/s1. The Morgan fingerprint density at radius 1 is 1.32 bits per heavy atom. The monoisotopic (exact) mass is 296 g/mol. The first-order valence-corrected chi connectivity index (χ1v) is 6.79. The van der Waals surface area contributed by atoms with E-state index >= 15 is 0 Å². The largest absolute Gasteiger partial charge is 0.370 e. The lowest BCUT2D eigenvalue weighted by Crippen LogP contribution is -2.35. The Morgan fingerprint density at radius 2 is 2.14 bits per heavy atom. The molecule has 2 aliphatic rings. The van der Waals surface area contributed by atoms with Crippen molar-refractivity contribution in [2.24, 2.45) is 5.90 Å². The molecule has 0 saturated heterocycles. The third-order valence-corrected chi connectivity index (χ3v) is 4.43. The van der Waals surface area contributed by atoms with Crippen molar-refractivity contribution in [3.8, 4) is 0 Å². The van der Waals surface area contributed by atoms with Crippen molar-refractivity contribution in [2.45, 2.75) is 18.3 Å². The molecule has 0 bridgehead atoms. The number of hydrogen-bond donors (Lipinski definition) is 2. The van der Waals surface area contributed by atoms with Crippen molar-refractivity contribution < 1.29 is 14.4 Å². The number of nitrogens with two attached hydrogens (primary N) is 1. The summed E-state index contributed by atoms with van der Waals surface area (Å²) in [6.07, 6.45) is 4.16. The van der Waals surface area contributed by atoms with Crippen molar-refractivity contribution in [3.63, 3.8) is 0 Å². The second-order valence-corrected chi connectivity index (χ2v) is 5.56. The Morgan fingerprint density at radius 3 is 2.95 bits per heavy atom. The minimum Gasteiger partial charge on any atom is -0.370 e. The molecule has 2 aromatic rings.